The normalized spacial score (nSPS) is 10.5. The summed E-state index contributed by atoms with van der Waals surface area (Å²) in [5, 5.41) is 3.23. The highest BCUT2D eigenvalue weighted by Gasteiger charge is 1.86. The molecule has 0 aliphatic heterocycles. The lowest BCUT2D eigenvalue weighted by atomic mass is 10.6. The van der Waals surface area contributed by atoms with E-state index in [4.69, 9.17) is 0 Å². The summed E-state index contributed by atoms with van der Waals surface area (Å²) in [6.45, 7) is 5.40. The van der Waals surface area contributed by atoms with E-state index in [0.29, 0.717) is 0 Å². The van der Waals surface area contributed by atoms with Crippen molar-refractivity contribution in [2.75, 3.05) is 26.7 Å². The summed E-state index contributed by atoms with van der Waals surface area (Å²) in [6, 6.07) is 0. The summed E-state index contributed by atoms with van der Waals surface area (Å²) in [6.07, 6.45) is 0. The zero-order valence-electron chi connectivity index (χ0n) is 5.45. The Balaban J connectivity index is 2.72. The highest BCUT2D eigenvalue weighted by atomic mass is 127. The van der Waals surface area contributed by atoms with Crippen molar-refractivity contribution in [3.8, 4) is 0 Å². The van der Waals surface area contributed by atoms with Gasteiger partial charge in [-0.15, -0.1) is 0 Å². The Bertz CT molecular complexity index is 47.7. The van der Waals surface area contributed by atoms with E-state index in [-0.39, 0.29) is 0 Å². The molecule has 0 saturated heterocycles. The second-order valence-corrected chi connectivity index (χ2v) is 3.33. The molecule has 50 valence electrons. The summed E-state index contributed by atoms with van der Waals surface area (Å²) in [5.74, 6) is 0. The van der Waals surface area contributed by atoms with Crippen molar-refractivity contribution in [1.82, 2.24) is 8.43 Å². The van der Waals surface area contributed by atoms with Crippen LogP contribution in [-0.2, 0) is 0 Å². The standard InChI is InChI=1S/C5H13IN2/c1-3-7-4-5-8(2)6/h7H,3-5H2,1-2H3. The second kappa shape index (κ2) is 5.78. The second-order valence-electron chi connectivity index (χ2n) is 1.68. The maximum Gasteiger partial charge on any atom is 0.0203 e. The Morgan fingerprint density at radius 3 is 2.62 bits per heavy atom. The summed E-state index contributed by atoms with van der Waals surface area (Å²) in [4.78, 5) is 0. The minimum Gasteiger partial charge on any atom is -0.316 e. The van der Waals surface area contributed by atoms with Crippen LogP contribution >= 0.6 is 22.9 Å². The van der Waals surface area contributed by atoms with Gasteiger partial charge in [0.05, 0.1) is 0 Å². The van der Waals surface area contributed by atoms with Gasteiger partial charge in [-0.1, -0.05) is 6.92 Å². The molecule has 0 aliphatic carbocycles. The minimum atomic E-state index is 1.07. The van der Waals surface area contributed by atoms with E-state index in [1.54, 1.807) is 0 Å². The van der Waals surface area contributed by atoms with Crippen molar-refractivity contribution in [2.45, 2.75) is 6.92 Å². The summed E-state index contributed by atoms with van der Waals surface area (Å²) in [7, 11) is 2.07. The first-order valence-electron chi connectivity index (χ1n) is 2.85. The molecule has 0 spiro atoms. The molecule has 0 unspecified atom stereocenters. The van der Waals surface area contributed by atoms with Crippen LogP contribution in [0.1, 0.15) is 6.92 Å². The van der Waals surface area contributed by atoms with Gasteiger partial charge in [-0.25, -0.2) is 3.11 Å². The van der Waals surface area contributed by atoms with Gasteiger partial charge in [0.15, 0.2) is 0 Å². The molecule has 0 rings (SSSR count). The van der Waals surface area contributed by atoms with Crippen molar-refractivity contribution in [1.29, 1.82) is 0 Å². The lowest BCUT2D eigenvalue weighted by Crippen LogP contribution is -2.23. The fraction of sp³-hybridized carbons (Fsp3) is 1.00. The predicted molar refractivity (Wildman–Crippen MR) is 45.2 cm³/mol. The smallest absolute Gasteiger partial charge is 0.0203 e. The molecular formula is C5H13IN2. The van der Waals surface area contributed by atoms with Crippen molar-refractivity contribution < 1.29 is 0 Å². The van der Waals surface area contributed by atoms with E-state index in [1.807, 2.05) is 0 Å². The minimum absolute atomic E-state index is 1.07. The van der Waals surface area contributed by atoms with Crippen LogP contribution in [-0.4, -0.2) is 29.8 Å². The van der Waals surface area contributed by atoms with Gasteiger partial charge in [0.25, 0.3) is 0 Å². The molecule has 0 aromatic heterocycles. The average Bonchev–Trinajstić information content (AvgIpc) is 1.66. The van der Waals surface area contributed by atoms with E-state index in [2.05, 4.69) is 45.3 Å². The van der Waals surface area contributed by atoms with E-state index in [9.17, 15) is 0 Å². The van der Waals surface area contributed by atoms with E-state index in [1.165, 1.54) is 0 Å². The molecule has 0 radical (unpaired) electrons. The first-order chi connectivity index (χ1) is 3.77. The van der Waals surface area contributed by atoms with Crippen LogP contribution in [0, 0.1) is 0 Å². The number of halogens is 1. The Morgan fingerprint density at radius 2 is 2.25 bits per heavy atom. The molecule has 0 atom stereocenters. The van der Waals surface area contributed by atoms with Gasteiger partial charge in [0.1, 0.15) is 0 Å². The molecule has 3 heteroatoms. The van der Waals surface area contributed by atoms with Crippen molar-refractivity contribution in [3.05, 3.63) is 0 Å². The zero-order chi connectivity index (χ0) is 6.41. The molecule has 1 N–H and O–H groups in total. The number of nitrogens with one attached hydrogen (secondary N) is 1. The van der Waals surface area contributed by atoms with E-state index in [0.717, 1.165) is 19.6 Å². The van der Waals surface area contributed by atoms with Gasteiger partial charge < -0.3 is 5.32 Å². The number of hydrogen-bond donors (Lipinski definition) is 1. The topological polar surface area (TPSA) is 15.3 Å². The zero-order valence-corrected chi connectivity index (χ0v) is 7.60. The van der Waals surface area contributed by atoms with Gasteiger partial charge in [0.2, 0.25) is 0 Å². The molecule has 0 bridgehead atoms. The molecule has 0 heterocycles. The Labute approximate surface area is 65.1 Å². The van der Waals surface area contributed by atoms with Gasteiger partial charge in [-0.3, -0.25) is 0 Å². The Kier molecular flexibility index (Phi) is 6.25. The SMILES string of the molecule is CCNCCN(C)I. The fourth-order valence-electron chi connectivity index (χ4n) is 0.410. The Morgan fingerprint density at radius 1 is 1.62 bits per heavy atom. The predicted octanol–water partition coefficient (Wildman–Crippen LogP) is 0.878. The van der Waals surface area contributed by atoms with Crippen LogP contribution in [0.5, 0.6) is 0 Å². The third kappa shape index (κ3) is 6.65. The molecular weight excluding hydrogens is 215 g/mol. The highest BCUT2D eigenvalue weighted by Crippen LogP contribution is 1.88. The van der Waals surface area contributed by atoms with Gasteiger partial charge in [0, 0.05) is 36.0 Å². The summed E-state index contributed by atoms with van der Waals surface area (Å²) in [5.41, 5.74) is 0. The first kappa shape index (κ1) is 8.65. The molecule has 0 saturated carbocycles. The summed E-state index contributed by atoms with van der Waals surface area (Å²) >= 11 is 2.28. The molecule has 0 aliphatic rings. The van der Waals surface area contributed by atoms with Crippen LogP contribution in [0.15, 0.2) is 0 Å². The summed E-state index contributed by atoms with van der Waals surface area (Å²) < 4.78 is 2.14. The quantitative estimate of drug-likeness (QED) is 0.436. The van der Waals surface area contributed by atoms with Gasteiger partial charge in [-0.05, 0) is 13.6 Å². The number of nitrogens with zero attached hydrogens (tertiary/aromatic N) is 1. The third-order valence-corrected chi connectivity index (χ3v) is 1.33. The molecule has 2 nitrogen and oxygen atoms in total. The molecule has 0 amide bonds. The maximum absolute atomic E-state index is 3.23. The lowest BCUT2D eigenvalue weighted by molar-refractivity contribution is 0.567. The van der Waals surface area contributed by atoms with Crippen LogP contribution in [0.2, 0.25) is 0 Å². The number of likely N-dealkylation sites (N-methyl/N-ethyl adjacent to an activating group) is 2. The molecule has 0 fully saturated rings. The van der Waals surface area contributed by atoms with E-state index >= 15 is 0 Å². The van der Waals surface area contributed by atoms with Crippen LogP contribution in [0.3, 0.4) is 0 Å². The average molecular weight is 228 g/mol. The Hall–Kier alpha value is 0.650. The van der Waals surface area contributed by atoms with Crippen molar-refractivity contribution in [2.24, 2.45) is 0 Å². The molecule has 0 aromatic rings. The fourth-order valence-corrected chi connectivity index (χ4v) is 0.651. The van der Waals surface area contributed by atoms with Crippen LogP contribution < -0.4 is 5.32 Å². The van der Waals surface area contributed by atoms with Crippen LogP contribution in [0.4, 0.5) is 0 Å². The van der Waals surface area contributed by atoms with Gasteiger partial charge in [-0.2, -0.15) is 0 Å². The molecule has 8 heavy (non-hydrogen) atoms. The van der Waals surface area contributed by atoms with Crippen molar-refractivity contribution >= 4 is 22.9 Å². The van der Waals surface area contributed by atoms with Gasteiger partial charge >= 0.3 is 0 Å². The van der Waals surface area contributed by atoms with Crippen LogP contribution in [0.25, 0.3) is 0 Å². The number of rotatable bonds is 4. The largest absolute Gasteiger partial charge is 0.316 e. The first-order valence-corrected chi connectivity index (χ1v) is 3.81. The number of hydrogen-bond acceptors (Lipinski definition) is 2. The molecule has 0 aromatic carbocycles. The van der Waals surface area contributed by atoms with Crippen molar-refractivity contribution in [3.63, 3.8) is 0 Å². The monoisotopic (exact) mass is 228 g/mol. The maximum atomic E-state index is 3.23. The lowest BCUT2D eigenvalue weighted by Gasteiger charge is -2.05. The van der Waals surface area contributed by atoms with E-state index < -0.39 is 0 Å². The third-order valence-electron chi connectivity index (χ3n) is 0.847. The highest BCUT2D eigenvalue weighted by molar-refractivity contribution is 14.1.